The second kappa shape index (κ2) is 11.0. The topological polar surface area (TPSA) is 158 Å². The molecule has 0 radical (unpaired) electrons. The lowest BCUT2D eigenvalue weighted by molar-refractivity contribution is 0.366. The van der Waals surface area contributed by atoms with Crippen LogP contribution in [0.1, 0.15) is 12.5 Å². The predicted molar refractivity (Wildman–Crippen MR) is 138 cm³/mol. The van der Waals surface area contributed by atoms with E-state index in [9.17, 15) is 8.42 Å². The first-order valence-corrected chi connectivity index (χ1v) is 12.4. The summed E-state index contributed by atoms with van der Waals surface area (Å²) in [6, 6.07) is 11.5. The molecule has 1 aromatic carbocycles. The normalized spacial score (nSPS) is 11.7. The number of pyridine rings is 1. The number of benzene rings is 1. The minimum atomic E-state index is -3.52. The molecule has 3 aromatic heterocycles. The van der Waals surface area contributed by atoms with Crippen LogP contribution >= 0.6 is 0 Å². The van der Waals surface area contributed by atoms with Gasteiger partial charge in [-0.05, 0) is 37.7 Å². The summed E-state index contributed by atoms with van der Waals surface area (Å²) in [6.45, 7) is 1.79. The maximum atomic E-state index is 12.0. The van der Waals surface area contributed by atoms with Gasteiger partial charge in [-0.1, -0.05) is 12.1 Å². The van der Waals surface area contributed by atoms with Crippen LogP contribution in [0.4, 0.5) is 17.5 Å². The van der Waals surface area contributed by atoms with Crippen molar-refractivity contribution in [2.75, 3.05) is 32.0 Å². The molecule has 3 heterocycles. The maximum absolute atomic E-state index is 12.0. The van der Waals surface area contributed by atoms with Gasteiger partial charge in [0.05, 0.1) is 24.8 Å². The average Bonchev–Trinajstić information content (AvgIpc) is 3.47. The molecule has 0 spiro atoms. The zero-order valence-electron chi connectivity index (χ0n) is 20.5. The van der Waals surface area contributed by atoms with Crippen LogP contribution in [0.15, 0.2) is 71.2 Å². The smallest absolute Gasteiger partial charge is 0.240 e. The fourth-order valence-electron chi connectivity index (χ4n) is 3.18. The lowest BCUT2D eigenvalue weighted by Crippen LogP contribution is -2.18. The van der Waals surface area contributed by atoms with Gasteiger partial charge in [-0.15, -0.1) is 0 Å². The highest BCUT2D eigenvalue weighted by Gasteiger charge is 2.13. The van der Waals surface area contributed by atoms with Crippen molar-refractivity contribution in [1.82, 2.24) is 29.2 Å². The van der Waals surface area contributed by atoms with Crippen molar-refractivity contribution in [3.05, 3.63) is 66.7 Å². The first kappa shape index (κ1) is 25.5. The molecule has 0 atom stereocenters. The molecule has 37 heavy (non-hydrogen) atoms. The minimum Gasteiger partial charge on any atom is -0.481 e. The zero-order valence-corrected chi connectivity index (χ0v) is 21.3. The number of hydrogen-bond donors (Lipinski definition) is 3. The number of rotatable bonds is 10. The number of aromatic nitrogens is 5. The summed E-state index contributed by atoms with van der Waals surface area (Å²) in [5.41, 5.74) is 4.83. The molecule has 192 valence electrons. The lowest BCUT2D eigenvalue weighted by Gasteiger charge is -2.12. The van der Waals surface area contributed by atoms with Crippen molar-refractivity contribution in [2.45, 2.75) is 11.8 Å². The lowest BCUT2D eigenvalue weighted by atomic mass is 10.1. The first-order valence-electron chi connectivity index (χ1n) is 10.9. The SMILES string of the molecule is CNS(=O)(=O)c1ccc(C(C)=NNc2cc(-n3ccnc3)nc(Nc3ccc(OC)nc3OC)n2)cc1. The molecule has 0 amide bonds. The third-order valence-corrected chi connectivity index (χ3v) is 6.58. The van der Waals surface area contributed by atoms with Crippen molar-refractivity contribution in [3.63, 3.8) is 0 Å². The van der Waals surface area contributed by atoms with E-state index in [2.05, 4.69) is 40.5 Å². The van der Waals surface area contributed by atoms with Gasteiger partial charge in [0.2, 0.25) is 27.7 Å². The summed E-state index contributed by atoms with van der Waals surface area (Å²) in [4.78, 5) is 17.6. The summed E-state index contributed by atoms with van der Waals surface area (Å²) in [5, 5.41) is 7.52. The van der Waals surface area contributed by atoms with Gasteiger partial charge in [-0.2, -0.15) is 20.1 Å². The number of hydrazone groups is 1. The van der Waals surface area contributed by atoms with Gasteiger partial charge in [0.1, 0.15) is 17.8 Å². The molecule has 13 nitrogen and oxygen atoms in total. The number of imidazole rings is 1. The highest BCUT2D eigenvalue weighted by molar-refractivity contribution is 7.89. The van der Waals surface area contributed by atoms with Gasteiger partial charge < -0.3 is 14.8 Å². The van der Waals surface area contributed by atoms with E-state index in [4.69, 9.17) is 9.47 Å². The molecule has 4 aromatic rings. The molecule has 0 unspecified atom stereocenters. The quantitative estimate of drug-likeness (QED) is 0.208. The van der Waals surface area contributed by atoms with Crippen LogP contribution in [0.5, 0.6) is 11.8 Å². The maximum Gasteiger partial charge on any atom is 0.240 e. The van der Waals surface area contributed by atoms with Crippen LogP contribution in [0.2, 0.25) is 0 Å². The van der Waals surface area contributed by atoms with Crippen molar-refractivity contribution in [3.8, 4) is 17.6 Å². The van der Waals surface area contributed by atoms with Crippen LogP contribution in [-0.2, 0) is 10.0 Å². The zero-order chi connectivity index (χ0) is 26.4. The second-order valence-electron chi connectivity index (χ2n) is 7.48. The summed E-state index contributed by atoms with van der Waals surface area (Å²) < 4.78 is 38.4. The molecule has 4 rings (SSSR count). The van der Waals surface area contributed by atoms with Gasteiger partial charge in [-0.3, -0.25) is 9.99 Å². The summed E-state index contributed by atoms with van der Waals surface area (Å²) >= 11 is 0. The molecule has 0 bridgehead atoms. The van der Waals surface area contributed by atoms with Crippen molar-refractivity contribution in [2.24, 2.45) is 5.10 Å². The van der Waals surface area contributed by atoms with Gasteiger partial charge in [0.15, 0.2) is 5.82 Å². The number of methoxy groups -OCH3 is 2. The Labute approximate surface area is 213 Å². The van der Waals surface area contributed by atoms with E-state index in [-0.39, 0.29) is 10.8 Å². The van der Waals surface area contributed by atoms with Crippen LogP contribution in [0, 0.1) is 0 Å². The molecular weight excluding hydrogens is 498 g/mol. The highest BCUT2D eigenvalue weighted by atomic mass is 32.2. The van der Waals surface area contributed by atoms with Gasteiger partial charge >= 0.3 is 0 Å². The van der Waals surface area contributed by atoms with Crippen LogP contribution in [0.3, 0.4) is 0 Å². The number of hydrogen-bond acceptors (Lipinski definition) is 11. The largest absolute Gasteiger partial charge is 0.481 e. The Morgan fingerprint density at radius 3 is 2.46 bits per heavy atom. The molecule has 0 aliphatic heterocycles. The van der Waals surface area contributed by atoms with Gasteiger partial charge in [-0.25, -0.2) is 18.1 Å². The molecule has 14 heteroatoms. The number of nitrogens with one attached hydrogen (secondary N) is 3. The fourth-order valence-corrected chi connectivity index (χ4v) is 3.91. The summed E-state index contributed by atoms with van der Waals surface area (Å²) in [7, 11) is 0.866. The Morgan fingerprint density at radius 2 is 1.81 bits per heavy atom. The van der Waals surface area contributed by atoms with Crippen molar-refractivity contribution >= 4 is 33.2 Å². The van der Waals surface area contributed by atoms with E-state index in [0.717, 1.165) is 5.56 Å². The fraction of sp³-hybridized carbons (Fsp3) is 0.174. The third-order valence-electron chi connectivity index (χ3n) is 5.15. The number of nitrogens with zero attached hydrogens (tertiary/aromatic N) is 6. The van der Waals surface area contributed by atoms with Crippen LogP contribution in [-0.4, -0.2) is 59.9 Å². The Bertz CT molecular complexity index is 1510. The molecule has 0 aliphatic rings. The van der Waals surface area contributed by atoms with E-state index in [0.29, 0.717) is 34.8 Å². The number of sulfonamides is 1. The Hall–Kier alpha value is -4.56. The van der Waals surface area contributed by atoms with E-state index >= 15 is 0 Å². The molecule has 3 N–H and O–H groups in total. The molecular formula is C23H25N9O4S. The molecule has 0 aliphatic carbocycles. The Kier molecular flexibility index (Phi) is 7.60. The highest BCUT2D eigenvalue weighted by Crippen LogP contribution is 2.27. The first-order chi connectivity index (χ1) is 17.8. The van der Waals surface area contributed by atoms with Crippen LogP contribution in [0.25, 0.3) is 5.82 Å². The third kappa shape index (κ3) is 5.99. The Morgan fingerprint density at radius 1 is 1.03 bits per heavy atom. The van der Waals surface area contributed by atoms with Crippen molar-refractivity contribution < 1.29 is 17.9 Å². The van der Waals surface area contributed by atoms with Gasteiger partial charge in [0, 0.05) is 24.5 Å². The number of anilines is 3. The predicted octanol–water partition coefficient (Wildman–Crippen LogP) is 2.56. The average molecular weight is 524 g/mol. The molecule has 0 fully saturated rings. The summed E-state index contributed by atoms with van der Waals surface area (Å²) in [6.07, 6.45) is 5.00. The number of ether oxygens (including phenoxy) is 2. The van der Waals surface area contributed by atoms with E-state index in [1.165, 1.54) is 33.4 Å². The van der Waals surface area contributed by atoms with E-state index in [1.54, 1.807) is 60.5 Å². The second-order valence-corrected chi connectivity index (χ2v) is 9.37. The van der Waals surface area contributed by atoms with Crippen LogP contribution < -0.4 is 24.9 Å². The van der Waals surface area contributed by atoms with E-state index in [1.807, 2.05) is 0 Å². The molecule has 0 saturated heterocycles. The minimum absolute atomic E-state index is 0.166. The van der Waals surface area contributed by atoms with E-state index < -0.39 is 10.0 Å². The monoisotopic (exact) mass is 523 g/mol. The standard InChI is InChI=1S/C23H25N9O4S/c1-15(16-5-7-17(8-6-16)37(33,34)24-2)30-31-19-13-20(32-12-11-25-14-32)28-23(27-19)26-18-9-10-21(35-3)29-22(18)36-4/h5-14,24H,1-4H3,(H2,26,27,28,31). The Balaban J connectivity index is 1.62. The molecule has 0 saturated carbocycles. The summed E-state index contributed by atoms with van der Waals surface area (Å²) in [5.74, 6) is 1.90. The van der Waals surface area contributed by atoms with Gasteiger partial charge in [0.25, 0.3) is 0 Å². The van der Waals surface area contributed by atoms with Crippen molar-refractivity contribution in [1.29, 1.82) is 0 Å².